The molecule has 0 spiro atoms. The van der Waals surface area contributed by atoms with E-state index in [1.807, 2.05) is 54.6 Å². The van der Waals surface area contributed by atoms with Crippen molar-refractivity contribution in [3.63, 3.8) is 0 Å². The molecular weight excluding hydrogens is 318 g/mol. The summed E-state index contributed by atoms with van der Waals surface area (Å²) in [4.78, 5) is 25.0. The van der Waals surface area contributed by atoms with Gasteiger partial charge in [0.2, 0.25) is 0 Å². The Balaban J connectivity index is 1.68. The van der Waals surface area contributed by atoms with Crippen LogP contribution in [-0.2, 0) is 9.59 Å². The van der Waals surface area contributed by atoms with E-state index in [9.17, 15) is 9.59 Å². The zero-order chi connectivity index (χ0) is 17.6. The quantitative estimate of drug-likeness (QED) is 0.878. The standard InChI is InChI=1S/C20H21NO4/c22-19(21-12-6-9-16(21)13-20(23)24)14-25-18-11-5-4-10-17(18)15-7-2-1-3-8-15/h1-5,7-8,10-11,16H,6,9,12-14H2,(H,23,24). The summed E-state index contributed by atoms with van der Waals surface area (Å²) in [6, 6.07) is 17.2. The molecule has 1 heterocycles. The van der Waals surface area contributed by atoms with Gasteiger partial charge in [0.1, 0.15) is 5.75 Å². The van der Waals surface area contributed by atoms with E-state index in [1.54, 1.807) is 4.90 Å². The molecule has 3 rings (SSSR count). The van der Waals surface area contributed by atoms with Crippen LogP contribution in [0.25, 0.3) is 11.1 Å². The normalized spacial score (nSPS) is 16.6. The van der Waals surface area contributed by atoms with Gasteiger partial charge in [-0.05, 0) is 24.5 Å². The van der Waals surface area contributed by atoms with E-state index in [0.29, 0.717) is 12.3 Å². The zero-order valence-electron chi connectivity index (χ0n) is 13.9. The second-order valence-electron chi connectivity index (χ2n) is 6.13. The van der Waals surface area contributed by atoms with Crippen molar-refractivity contribution < 1.29 is 19.4 Å². The molecule has 1 fully saturated rings. The Hall–Kier alpha value is -2.82. The van der Waals surface area contributed by atoms with Crippen molar-refractivity contribution in [2.75, 3.05) is 13.2 Å². The number of ether oxygens (including phenoxy) is 1. The number of nitrogens with zero attached hydrogens (tertiary/aromatic N) is 1. The minimum absolute atomic E-state index is 0.00760. The highest BCUT2D eigenvalue weighted by Gasteiger charge is 2.30. The number of rotatable bonds is 6. The van der Waals surface area contributed by atoms with Gasteiger partial charge in [0.05, 0.1) is 6.42 Å². The number of carboxylic acids is 1. The molecular formula is C20H21NO4. The molecule has 0 bridgehead atoms. The van der Waals surface area contributed by atoms with Crippen LogP contribution in [0.3, 0.4) is 0 Å². The molecule has 5 heteroatoms. The van der Waals surface area contributed by atoms with Crippen molar-refractivity contribution >= 4 is 11.9 Å². The van der Waals surface area contributed by atoms with Crippen LogP contribution in [0.2, 0.25) is 0 Å². The highest BCUT2D eigenvalue weighted by Crippen LogP contribution is 2.29. The molecule has 2 aromatic rings. The lowest BCUT2D eigenvalue weighted by Crippen LogP contribution is -2.39. The third-order valence-electron chi connectivity index (χ3n) is 4.43. The van der Waals surface area contributed by atoms with Gasteiger partial charge in [-0.3, -0.25) is 9.59 Å². The number of benzene rings is 2. The van der Waals surface area contributed by atoms with E-state index in [0.717, 1.165) is 24.0 Å². The molecule has 2 aromatic carbocycles. The fourth-order valence-corrected chi connectivity index (χ4v) is 3.25. The van der Waals surface area contributed by atoms with Crippen molar-refractivity contribution in [2.24, 2.45) is 0 Å². The number of aliphatic carboxylic acids is 1. The van der Waals surface area contributed by atoms with Gasteiger partial charge in [0.25, 0.3) is 5.91 Å². The van der Waals surface area contributed by atoms with Gasteiger partial charge in [-0.25, -0.2) is 0 Å². The first-order valence-electron chi connectivity index (χ1n) is 8.43. The number of para-hydroxylation sites is 1. The summed E-state index contributed by atoms with van der Waals surface area (Å²) in [5.41, 5.74) is 1.95. The van der Waals surface area contributed by atoms with Crippen LogP contribution in [0.1, 0.15) is 19.3 Å². The monoisotopic (exact) mass is 339 g/mol. The lowest BCUT2D eigenvalue weighted by Gasteiger charge is -2.23. The van der Waals surface area contributed by atoms with Gasteiger partial charge < -0.3 is 14.7 Å². The molecule has 1 atom stereocenters. The fourth-order valence-electron chi connectivity index (χ4n) is 3.25. The van der Waals surface area contributed by atoms with Gasteiger partial charge in [-0.1, -0.05) is 48.5 Å². The Morgan fingerprint density at radius 3 is 2.56 bits per heavy atom. The molecule has 0 aromatic heterocycles. The Kier molecular flexibility index (Phi) is 5.33. The molecule has 25 heavy (non-hydrogen) atoms. The Labute approximate surface area is 146 Å². The van der Waals surface area contributed by atoms with Crippen molar-refractivity contribution in [1.29, 1.82) is 0 Å². The second kappa shape index (κ2) is 7.83. The number of hydrogen-bond acceptors (Lipinski definition) is 3. The van der Waals surface area contributed by atoms with Gasteiger partial charge >= 0.3 is 5.97 Å². The predicted molar refractivity (Wildman–Crippen MR) is 94.4 cm³/mol. The zero-order valence-corrected chi connectivity index (χ0v) is 13.9. The van der Waals surface area contributed by atoms with Crippen LogP contribution in [0.4, 0.5) is 0 Å². The van der Waals surface area contributed by atoms with Crippen LogP contribution in [0.5, 0.6) is 5.75 Å². The van der Waals surface area contributed by atoms with E-state index in [-0.39, 0.29) is 25.0 Å². The third-order valence-corrected chi connectivity index (χ3v) is 4.43. The number of carbonyl (C=O) groups is 2. The Morgan fingerprint density at radius 2 is 1.80 bits per heavy atom. The summed E-state index contributed by atoms with van der Waals surface area (Å²) in [6.45, 7) is 0.514. The second-order valence-corrected chi connectivity index (χ2v) is 6.13. The number of likely N-dealkylation sites (tertiary alicyclic amines) is 1. The Bertz CT molecular complexity index is 744. The third kappa shape index (κ3) is 4.18. The number of amides is 1. The van der Waals surface area contributed by atoms with Crippen molar-refractivity contribution in [3.8, 4) is 16.9 Å². The fraction of sp³-hybridized carbons (Fsp3) is 0.300. The lowest BCUT2D eigenvalue weighted by atomic mass is 10.1. The number of hydrogen-bond donors (Lipinski definition) is 1. The van der Waals surface area contributed by atoms with Crippen LogP contribution in [0, 0.1) is 0 Å². The molecule has 0 radical (unpaired) electrons. The predicted octanol–water partition coefficient (Wildman–Crippen LogP) is 3.20. The summed E-state index contributed by atoms with van der Waals surface area (Å²) >= 11 is 0. The van der Waals surface area contributed by atoms with Crippen LogP contribution in [-0.4, -0.2) is 41.1 Å². The van der Waals surface area contributed by atoms with Crippen LogP contribution in [0.15, 0.2) is 54.6 Å². The largest absolute Gasteiger partial charge is 0.483 e. The maximum absolute atomic E-state index is 12.5. The summed E-state index contributed by atoms with van der Waals surface area (Å²) < 4.78 is 5.78. The molecule has 1 amide bonds. The average Bonchev–Trinajstić information content (AvgIpc) is 3.08. The van der Waals surface area contributed by atoms with E-state index >= 15 is 0 Å². The molecule has 0 saturated carbocycles. The molecule has 1 N–H and O–H groups in total. The molecule has 5 nitrogen and oxygen atoms in total. The van der Waals surface area contributed by atoms with Gasteiger partial charge in [0.15, 0.2) is 6.61 Å². The van der Waals surface area contributed by atoms with Gasteiger partial charge in [-0.2, -0.15) is 0 Å². The topological polar surface area (TPSA) is 66.8 Å². The minimum atomic E-state index is -0.875. The lowest BCUT2D eigenvalue weighted by molar-refractivity contribution is -0.140. The molecule has 1 aliphatic heterocycles. The smallest absolute Gasteiger partial charge is 0.305 e. The van der Waals surface area contributed by atoms with Crippen molar-refractivity contribution in [3.05, 3.63) is 54.6 Å². The van der Waals surface area contributed by atoms with Crippen molar-refractivity contribution in [1.82, 2.24) is 4.90 Å². The minimum Gasteiger partial charge on any atom is -0.483 e. The highest BCUT2D eigenvalue weighted by atomic mass is 16.5. The van der Waals surface area contributed by atoms with E-state index in [2.05, 4.69) is 0 Å². The first-order valence-corrected chi connectivity index (χ1v) is 8.43. The van der Waals surface area contributed by atoms with Gasteiger partial charge in [-0.15, -0.1) is 0 Å². The van der Waals surface area contributed by atoms with Gasteiger partial charge in [0, 0.05) is 18.2 Å². The maximum atomic E-state index is 12.5. The van der Waals surface area contributed by atoms with E-state index < -0.39 is 5.97 Å². The molecule has 1 saturated heterocycles. The van der Waals surface area contributed by atoms with Crippen LogP contribution < -0.4 is 4.74 Å². The SMILES string of the molecule is O=C(O)CC1CCCN1C(=O)COc1ccccc1-c1ccccc1. The first-order chi connectivity index (χ1) is 12.1. The van der Waals surface area contributed by atoms with Crippen molar-refractivity contribution in [2.45, 2.75) is 25.3 Å². The molecule has 130 valence electrons. The molecule has 1 unspecified atom stereocenters. The number of carboxylic acid groups (broad SMARTS) is 1. The van der Waals surface area contributed by atoms with E-state index in [1.165, 1.54) is 0 Å². The Morgan fingerprint density at radius 1 is 1.08 bits per heavy atom. The number of carbonyl (C=O) groups excluding carboxylic acids is 1. The van der Waals surface area contributed by atoms with E-state index in [4.69, 9.17) is 9.84 Å². The molecule has 1 aliphatic rings. The summed E-state index contributed by atoms with van der Waals surface area (Å²) in [7, 11) is 0. The summed E-state index contributed by atoms with van der Waals surface area (Å²) in [5, 5.41) is 8.97. The first kappa shape index (κ1) is 17.0. The highest BCUT2D eigenvalue weighted by molar-refractivity contribution is 5.80. The van der Waals surface area contributed by atoms with Crippen LogP contribution >= 0.6 is 0 Å². The average molecular weight is 339 g/mol. The molecule has 0 aliphatic carbocycles. The summed E-state index contributed by atoms with van der Waals surface area (Å²) in [5.74, 6) is -0.386. The maximum Gasteiger partial charge on any atom is 0.305 e. The summed E-state index contributed by atoms with van der Waals surface area (Å²) in [6.07, 6.45) is 1.56.